The van der Waals surface area contributed by atoms with E-state index in [4.69, 9.17) is 0 Å². The molecule has 1 aromatic rings. The first-order valence-corrected chi connectivity index (χ1v) is 5.21. The van der Waals surface area contributed by atoms with E-state index >= 15 is 0 Å². The summed E-state index contributed by atoms with van der Waals surface area (Å²) in [7, 11) is 0. The van der Waals surface area contributed by atoms with Crippen LogP contribution < -0.4 is 0 Å². The van der Waals surface area contributed by atoms with Crippen molar-refractivity contribution in [2.45, 2.75) is 31.5 Å². The Morgan fingerprint density at radius 2 is 1.94 bits per heavy atom. The lowest BCUT2D eigenvalue weighted by molar-refractivity contribution is -0.138. The first-order chi connectivity index (χ1) is 7.31. The van der Waals surface area contributed by atoms with Crippen molar-refractivity contribution in [3.05, 3.63) is 35.4 Å². The van der Waals surface area contributed by atoms with Crippen molar-refractivity contribution in [2.24, 2.45) is 5.92 Å². The van der Waals surface area contributed by atoms with E-state index in [1.165, 1.54) is 6.07 Å². The quantitative estimate of drug-likeness (QED) is 0.784. The van der Waals surface area contributed by atoms with Crippen LogP contribution in [0.25, 0.3) is 0 Å². The minimum atomic E-state index is -4.35. The van der Waals surface area contributed by atoms with Crippen molar-refractivity contribution >= 4 is 0 Å². The van der Waals surface area contributed by atoms with E-state index in [0.29, 0.717) is 24.3 Å². The first-order valence-electron chi connectivity index (χ1n) is 5.21. The second-order valence-electron chi connectivity index (χ2n) is 4.62. The van der Waals surface area contributed by atoms with Crippen LogP contribution >= 0.6 is 0 Å². The lowest BCUT2D eigenvalue weighted by Crippen LogP contribution is -2.39. The predicted molar refractivity (Wildman–Crippen MR) is 53.7 cm³/mol. The van der Waals surface area contributed by atoms with E-state index in [2.05, 4.69) is 0 Å². The highest BCUT2D eigenvalue weighted by Crippen LogP contribution is 2.46. The second-order valence-corrected chi connectivity index (χ2v) is 4.62. The van der Waals surface area contributed by atoms with Gasteiger partial charge in [-0.1, -0.05) is 19.1 Å². The Morgan fingerprint density at radius 1 is 1.31 bits per heavy atom. The summed E-state index contributed by atoms with van der Waals surface area (Å²) in [4.78, 5) is 0. The number of hydrogen-bond acceptors (Lipinski definition) is 1. The summed E-state index contributed by atoms with van der Waals surface area (Å²) in [5.41, 5.74) is -1.38. The van der Waals surface area contributed by atoms with Crippen LogP contribution in [0.3, 0.4) is 0 Å². The van der Waals surface area contributed by atoms with Gasteiger partial charge in [-0.3, -0.25) is 0 Å². The topological polar surface area (TPSA) is 20.2 Å². The molecule has 1 saturated carbocycles. The monoisotopic (exact) mass is 230 g/mol. The average Bonchev–Trinajstić information content (AvgIpc) is 2.14. The van der Waals surface area contributed by atoms with Gasteiger partial charge in [-0.05, 0) is 36.5 Å². The molecule has 0 aliphatic heterocycles. The standard InChI is InChI=1S/C12H13F3O/c1-8-6-11(16,7-8)9-3-2-4-10(5-9)12(13,14)15/h2-5,8,16H,6-7H2,1H3. The molecule has 1 aliphatic carbocycles. The largest absolute Gasteiger partial charge is 0.416 e. The fourth-order valence-corrected chi connectivity index (χ4v) is 2.31. The van der Waals surface area contributed by atoms with Gasteiger partial charge >= 0.3 is 6.18 Å². The summed E-state index contributed by atoms with van der Waals surface area (Å²) in [6.45, 7) is 1.97. The van der Waals surface area contributed by atoms with Gasteiger partial charge in [0.15, 0.2) is 0 Å². The number of hydrogen-bond donors (Lipinski definition) is 1. The highest BCUT2D eigenvalue weighted by atomic mass is 19.4. The Morgan fingerprint density at radius 3 is 2.44 bits per heavy atom. The molecule has 1 aromatic carbocycles. The van der Waals surface area contributed by atoms with E-state index < -0.39 is 17.3 Å². The van der Waals surface area contributed by atoms with Crippen molar-refractivity contribution in [3.63, 3.8) is 0 Å². The maximum atomic E-state index is 12.5. The van der Waals surface area contributed by atoms with E-state index in [1.807, 2.05) is 6.92 Å². The van der Waals surface area contributed by atoms with Crippen LogP contribution in [-0.4, -0.2) is 5.11 Å². The number of halogens is 3. The van der Waals surface area contributed by atoms with E-state index in [-0.39, 0.29) is 0 Å². The van der Waals surface area contributed by atoms with Crippen molar-refractivity contribution in [1.82, 2.24) is 0 Å². The molecule has 4 heteroatoms. The molecular formula is C12H13F3O. The fraction of sp³-hybridized carbons (Fsp3) is 0.500. The summed E-state index contributed by atoms with van der Waals surface area (Å²) in [5.74, 6) is 0.375. The molecule has 1 nitrogen and oxygen atoms in total. The molecule has 0 radical (unpaired) electrons. The summed E-state index contributed by atoms with van der Waals surface area (Å²) in [5, 5.41) is 10.1. The smallest absolute Gasteiger partial charge is 0.385 e. The van der Waals surface area contributed by atoms with E-state index in [9.17, 15) is 18.3 Å². The van der Waals surface area contributed by atoms with Crippen LogP contribution in [0.2, 0.25) is 0 Å². The zero-order valence-electron chi connectivity index (χ0n) is 8.88. The number of alkyl halides is 3. The molecule has 16 heavy (non-hydrogen) atoms. The van der Waals surface area contributed by atoms with Crippen LogP contribution in [-0.2, 0) is 11.8 Å². The minimum absolute atomic E-state index is 0.375. The van der Waals surface area contributed by atoms with Gasteiger partial charge in [-0.15, -0.1) is 0 Å². The highest BCUT2D eigenvalue weighted by Gasteiger charge is 2.42. The van der Waals surface area contributed by atoms with Crippen LogP contribution in [0.5, 0.6) is 0 Å². The normalized spacial score (nSPS) is 29.9. The molecule has 1 aliphatic rings. The Kier molecular flexibility index (Phi) is 2.49. The van der Waals surface area contributed by atoms with Gasteiger partial charge in [0.05, 0.1) is 11.2 Å². The highest BCUT2D eigenvalue weighted by molar-refractivity contribution is 5.31. The molecule has 0 amide bonds. The van der Waals surface area contributed by atoms with Crippen molar-refractivity contribution in [1.29, 1.82) is 0 Å². The summed E-state index contributed by atoms with van der Waals surface area (Å²) >= 11 is 0. The van der Waals surface area contributed by atoms with Crippen LogP contribution in [0.1, 0.15) is 30.9 Å². The zero-order chi connectivity index (χ0) is 12.0. The molecule has 1 N–H and O–H groups in total. The van der Waals surface area contributed by atoms with Crippen LogP contribution in [0.4, 0.5) is 13.2 Å². The van der Waals surface area contributed by atoms with Gasteiger partial charge in [0.25, 0.3) is 0 Å². The number of rotatable bonds is 1. The molecule has 88 valence electrons. The molecule has 2 rings (SSSR count). The molecule has 0 atom stereocenters. The van der Waals surface area contributed by atoms with Gasteiger partial charge < -0.3 is 5.11 Å². The predicted octanol–water partition coefficient (Wildman–Crippen LogP) is 3.32. The second kappa shape index (κ2) is 3.48. The summed E-state index contributed by atoms with van der Waals surface area (Å²) in [6, 6.07) is 4.97. The average molecular weight is 230 g/mol. The van der Waals surface area contributed by atoms with Crippen molar-refractivity contribution in [3.8, 4) is 0 Å². The van der Waals surface area contributed by atoms with Gasteiger partial charge in [-0.25, -0.2) is 0 Å². The van der Waals surface area contributed by atoms with Gasteiger partial charge in [0.2, 0.25) is 0 Å². The molecule has 0 unspecified atom stereocenters. The molecule has 0 heterocycles. The molecule has 0 bridgehead atoms. The minimum Gasteiger partial charge on any atom is -0.385 e. The zero-order valence-corrected chi connectivity index (χ0v) is 8.88. The maximum absolute atomic E-state index is 12.5. The Hall–Kier alpha value is -1.03. The van der Waals surface area contributed by atoms with E-state index in [0.717, 1.165) is 12.1 Å². The SMILES string of the molecule is CC1CC(O)(c2cccc(C(F)(F)F)c2)C1. The maximum Gasteiger partial charge on any atom is 0.416 e. The van der Waals surface area contributed by atoms with Gasteiger partial charge in [-0.2, -0.15) is 13.2 Å². The van der Waals surface area contributed by atoms with Crippen molar-refractivity contribution < 1.29 is 18.3 Å². The third-order valence-corrected chi connectivity index (χ3v) is 3.10. The lowest BCUT2D eigenvalue weighted by Gasteiger charge is -2.42. The fourth-order valence-electron chi connectivity index (χ4n) is 2.31. The van der Waals surface area contributed by atoms with Crippen molar-refractivity contribution in [2.75, 3.05) is 0 Å². The first kappa shape index (κ1) is 11.5. The molecule has 0 spiro atoms. The molecule has 0 saturated heterocycles. The molecule has 0 aromatic heterocycles. The number of aliphatic hydroxyl groups is 1. The van der Waals surface area contributed by atoms with Gasteiger partial charge in [0.1, 0.15) is 0 Å². The Balaban J connectivity index is 2.30. The summed E-state index contributed by atoms with van der Waals surface area (Å²) in [6.07, 6.45) is -3.27. The molecular weight excluding hydrogens is 217 g/mol. The third-order valence-electron chi connectivity index (χ3n) is 3.10. The Labute approximate surface area is 91.9 Å². The third kappa shape index (κ3) is 1.94. The number of benzene rings is 1. The van der Waals surface area contributed by atoms with E-state index in [1.54, 1.807) is 6.07 Å². The summed E-state index contributed by atoms with van der Waals surface area (Å²) < 4.78 is 37.4. The van der Waals surface area contributed by atoms with Gasteiger partial charge in [0, 0.05) is 0 Å². The van der Waals surface area contributed by atoms with Crippen LogP contribution in [0.15, 0.2) is 24.3 Å². The van der Waals surface area contributed by atoms with Crippen LogP contribution in [0, 0.1) is 5.92 Å². The lowest BCUT2D eigenvalue weighted by atomic mass is 9.68. The molecule has 1 fully saturated rings. The Bertz CT molecular complexity index is 391.